The maximum absolute atomic E-state index is 11.0. The Morgan fingerprint density at radius 1 is 1.31 bits per heavy atom. The summed E-state index contributed by atoms with van der Waals surface area (Å²) in [5.74, 6) is 0.200. The summed E-state index contributed by atoms with van der Waals surface area (Å²) in [5.41, 5.74) is 6.21. The number of hydrogen-bond donors (Lipinski definition) is 1. The Kier molecular flexibility index (Phi) is 3.23. The molecule has 0 spiro atoms. The standard InChI is InChI=1S/C10H6Cl2N2OS/c11-6-2-1-3-7(12)5(6)4-8-9(13)14-10(15)16-8/h1-4H,(H2,13,14,15)/b8-4-. The highest BCUT2D eigenvalue weighted by molar-refractivity contribution is 8.18. The van der Waals surface area contributed by atoms with Crippen molar-refractivity contribution in [3.63, 3.8) is 0 Å². The third-order valence-corrected chi connectivity index (χ3v) is 3.41. The molecule has 6 heteroatoms. The van der Waals surface area contributed by atoms with Gasteiger partial charge in [0.05, 0.1) is 4.91 Å². The van der Waals surface area contributed by atoms with Crippen molar-refractivity contribution >= 4 is 52.1 Å². The molecule has 0 atom stereocenters. The zero-order chi connectivity index (χ0) is 11.7. The van der Waals surface area contributed by atoms with Crippen LogP contribution in [0.25, 0.3) is 6.08 Å². The van der Waals surface area contributed by atoms with Crippen LogP contribution in [0.3, 0.4) is 0 Å². The zero-order valence-electron chi connectivity index (χ0n) is 7.91. The topological polar surface area (TPSA) is 55.4 Å². The van der Waals surface area contributed by atoms with E-state index in [9.17, 15) is 4.79 Å². The van der Waals surface area contributed by atoms with Crippen molar-refractivity contribution in [3.8, 4) is 0 Å². The average Bonchev–Trinajstić information content (AvgIpc) is 2.51. The van der Waals surface area contributed by atoms with E-state index in [1.54, 1.807) is 24.3 Å². The number of carbonyl (C=O) groups excluding carboxylic acids is 1. The molecule has 0 aromatic heterocycles. The number of aliphatic imine (C=N–C) groups is 1. The highest BCUT2D eigenvalue weighted by Crippen LogP contribution is 2.32. The fraction of sp³-hybridized carbons (Fsp3) is 0. The third-order valence-electron chi connectivity index (χ3n) is 1.94. The average molecular weight is 273 g/mol. The molecular weight excluding hydrogens is 267 g/mol. The van der Waals surface area contributed by atoms with Crippen LogP contribution in [0.1, 0.15) is 5.56 Å². The minimum Gasteiger partial charge on any atom is -0.383 e. The van der Waals surface area contributed by atoms with Gasteiger partial charge in [-0.15, -0.1) is 0 Å². The molecule has 0 aliphatic carbocycles. The van der Waals surface area contributed by atoms with Crippen molar-refractivity contribution in [1.82, 2.24) is 0 Å². The lowest BCUT2D eigenvalue weighted by Crippen LogP contribution is -2.08. The molecular formula is C10H6Cl2N2OS. The summed E-state index contributed by atoms with van der Waals surface area (Å²) in [5, 5.41) is 0.687. The number of amides is 1. The molecule has 1 amide bonds. The minimum absolute atomic E-state index is 0.200. The van der Waals surface area contributed by atoms with Gasteiger partial charge in [0.15, 0.2) is 0 Å². The van der Waals surface area contributed by atoms with Crippen LogP contribution in [0.2, 0.25) is 10.0 Å². The maximum Gasteiger partial charge on any atom is 0.311 e. The molecule has 16 heavy (non-hydrogen) atoms. The Balaban J connectivity index is 2.45. The Bertz CT molecular complexity index is 505. The first-order chi connectivity index (χ1) is 7.58. The quantitative estimate of drug-likeness (QED) is 0.851. The second-order valence-corrected chi connectivity index (χ2v) is 4.82. The molecule has 0 fully saturated rings. The van der Waals surface area contributed by atoms with E-state index in [0.717, 1.165) is 11.8 Å². The molecule has 2 rings (SSSR count). The van der Waals surface area contributed by atoms with Crippen molar-refractivity contribution < 1.29 is 4.79 Å². The summed E-state index contributed by atoms with van der Waals surface area (Å²) < 4.78 is 0. The molecule has 0 bridgehead atoms. The number of carbonyl (C=O) groups is 1. The van der Waals surface area contributed by atoms with E-state index in [0.29, 0.717) is 20.5 Å². The van der Waals surface area contributed by atoms with E-state index in [2.05, 4.69) is 4.99 Å². The number of nitrogens with two attached hydrogens (primary N) is 1. The Labute approximate surface area is 106 Å². The Hall–Kier alpha value is -0.970. The van der Waals surface area contributed by atoms with E-state index in [1.165, 1.54) is 0 Å². The molecule has 1 aromatic carbocycles. The van der Waals surface area contributed by atoms with Gasteiger partial charge in [-0.1, -0.05) is 29.3 Å². The molecule has 2 N–H and O–H groups in total. The Morgan fingerprint density at radius 3 is 2.44 bits per heavy atom. The molecule has 0 saturated carbocycles. The predicted molar refractivity (Wildman–Crippen MR) is 69.0 cm³/mol. The van der Waals surface area contributed by atoms with Crippen molar-refractivity contribution in [2.75, 3.05) is 0 Å². The smallest absolute Gasteiger partial charge is 0.311 e. The molecule has 0 saturated heterocycles. The highest BCUT2D eigenvalue weighted by atomic mass is 35.5. The van der Waals surface area contributed by atoms with Gasteiger partial charge >= 0.3 is 5.24 Å². The van der Waals surface area contributed by atoms with Gasteiger partial charge in [0.1, 0.15) is 5.84 Å². The van der Waals surface area contributed by atoms with Gasteiger partial charge in [0, 0.05) is 15.6 Å². The first-order valence-corrected chi connectivity index (χ1v) is 5.87. The molecule has 1 aromatic rings. The van der Waals surface area contributed by atoms with E-state index in [4.69, 9.17) is 28.9 Å². The van der Waals surface area contributed by atoms with Crippen molar-refractivity contribution in [2.45, 2.75) is 0 Å². The first-order valence-electron chi connectivity index (χ1n) is 4.30. The summed E-state index contributed by atoms with van der Waals surface area (Å²) in [7, 11) is 0. The summed E-state index contributed by atoms with van der Waals surface area (Å²) in [6.07, 6.45) is 1.67. The lowest BCUT2D eigenvalue weighted by atomic mass is 10.2. The number of nitrogens with zero attached hydrogens (tertiary/aromatic N) is 1. The molecule has 0 radical (unpaired) electrons. The number of thioether (sulfide) groups is 1. The van der Waals surface area contributed by atoms with Crippen molar-refractivity contribution in [2.24, 2.45) is 10.7 Å². The lowest BCUT2D eigenvalue weighted by Gasteiger charge is -2.02. The molecule has 3 nitrogen and oxygen atoms in total. The number of amidine groups is 1. The van der Waals surface area contributed by atoms with Gasteiger partial charge in [-0.25, -0.2) is 0 Å². The van der Waals surface area contributed by atoms with Crippen LogP contribution < -0.4 is 5.73 Å². The largest absolute Gasteiger partial charge is 0.383 e. The monoisotopic (exact) mass is 272 g/mol. The van der Waals surface area contributed by atoms with Gasteiger partial charge in [-0.3, -0.25) is 4.79 Å². The zero-order valence-corrected chi connectivity index (χ0v) is 10.2. The van der Waals surface area contributed by atoms with Crippen LogP contribution in [-0.2, 0) is 0 Å². The molecule has 82 valence electrons. The predicted octanol–water partition coefficient (Wildman–Crippen LogP) is 3.56. The number of hydrogen-bond acceptors (Lipinski definition) is 3. The van der Waals surface area contributed by atoms with Crippen LogP contribution in [-0.4, -0.2) is 11.1 Å². The van der Waals surface area contributed by atoms with Gasteiger partial charge in [-0.2, -0.15) is 4.99 Å². The van der Waals surface area contributed by atoms with Crippen molar-refractivity contribution in [3.05, 3.63) is 38.7 Å². The van der Waals surface area contributed by atoms with E-state index in [-0.39, 0.29) is 11.1 Å². The minimum atomic E-state index is -0.327. The van der Waals surface area contributed by atoms with Gasteiger partial charge in [0.25, 0.3) is 0 Å². The molecule has 0 unspecified atom stereocenters. The number of halogens is 2. The van der Waals surface area contributed by atoms with Gasteiger partial charge in [-0.05, 0) is 30.0 Å². The van der Waals surface area contributed by atoms with Crippen LogP contribution in [0.15, 0.2) is 28.1 Å². The van der Waals surface area contributed by atoms with Gasteiger partial charge < -0.3 is 5.73 Å². The Morgan fingerprint density at radius 2 is 1.94 bits per heavy atom. The molecule has 1 aliphatic heterocycles. The SMILES string of the molecule is NC1=NC(=O)S/C1=C\c1c(Cl)cccc1Cl. The third kappa shape index (κ3) is 2.24. The van der Waals surface area contributed by atoms with E-state index >= 15 is 0 Å². The molecule has 1 heterocycles. The fourth-order valence-corrected chi connectivity index (χ4v) is 2.37. The highest BCUT2D eigenvalue weighted by Gasteiger charge is 2.19. The summed E-state index contributed by atoms with van der Waals surface area (Å²) in [4.78, 5) is 15.2. The second kappa shape index (κ2) is 4.49. The van der Waals surface area contributed by atoms with E-state index < -0.39 is 0 Å². The summed E-state index contributed by atoms with van der Waals surface area (Å²) >= 11 is 12.9. The number of rotatable bonds is 1. The van der Waals surface area contributed by atoms with E-state index in [1.807, 2.05) is 0 Å². The second-order valence-electron chi connectivity index (χ2n) is 3.01. The van der Waals surface area contributed by atoms with Crippen LogP contribution in [0.5, 0.6) is 0 Å². The summed E-state index contributed by atoms with van der Waals surface area (Å²) in [6, 6.07) is 5.18. The lowest BCUT2D eigenvalue weighted by molar-refractivity contribution is 0.268. The normalized spacial score (nSPS) is 18.0. The number of benzene rings is 1. The summed E-state index contributed by atoms with van der Waals surface area (Å²) in [6.45, 7) is 0. The van der Waals surface area contributed by atoms with Crippen LogP contribution in [0, 0.1) is 0 Å². The molecule has 1 aliphatic rings. The van der Waals surface area contributed by atoms with Gasteiger partial charge in [0.2, 0.25) is 0 Å². The first kappa shape index (κ1) is 11.5. The van der Waals surface area contributed by atoms with Crippen LogP contribution in [0.4, 0.5) is 4.79 Å². The van der Waals surface area contributed by atoms with Crippen LogP contribution >= 0.6 is 35.0 Å². The van der Waals surface area contributed by atoms with Crippen molar-refractivity contribution in [1.29, 1.82) is 0 Å². The fourth-order valence-electron chi connectivity index (χ4n) is 1.21. The maximum atomic E-state index is 11.0.